The number of aliphatic hydroxyl groups excluding tert-OH is 2. The molecule has 7 unspecified atom stereocenters. The summed E-state index contributed by atoms with van der Waals surface area (Å²) in [4.78, 5) is 4.25. The van der Waals surface area contributed by atoms with Gasteiger partial charge in [0.25, 0.3) is 0 Å². The maximum absolute atomic E-state index is 12.8. The smallest absolute Gasteiger partial charge is 0.387 e. The molecule has 4 aliphatic heterocycles. The molecule has 11 atom stereocenters. The highest BCUT2D eigenvalue weighted by Gasteiger charge is 2.52. The van der Waals surface area contributed by atoms with Crippen LogP contribution < -0.4 is 32.3 Å². The van der Waals surface area contributed by atoms with E-state index in [1.807, 2.05) is 4.90 Å². The second-order valence-electron chi connectivity index (χ2n) is 13.1. The Hall–Kier alpha value is -0.650. The lowest BCUT2D eigenvalue weighted by molar-refractivity contribution is -0.147. The van der Waals surface area contributed by atoms with Crippen LogP contribution in [0.15, 0.2) is 0 Å². The third-order valence-electron chi connectivity index (χ3n) is 10.4. The first-order valence-corrected chi connectivity index (χ1v) is 15.1. The van der Waals surface area contributed by atoms with Crippen LogP contribution in [0.3, 0.4) is 0 Å². The number of nitrogens with one attached hydrogen (secondary N) is 5. The zero-order chi connectivity index (χ0) is 28.2. The van der Waals surface area contributed by atoms with Crippen molar-refractivity contribution in [3.63, 3.8) is 0 Å². The van der Waals surface area contributed by atoms with Crippen LogP contribution in [-0.2, 0) is 4.74 Å². The Morgan fingerprint density at radius 3 is 2.52 bits per heavy atom. The van der Waals surface area contributed by atoms with Crippen LogP contribution in [0.4, 0.5) is 13.2 Å². The fourth-order valence-electron chi connectivity index (χ4n) is 8.02. The van der Waals surface area contributed by atoms with Crippen molar-refractivity contribution in [3.8, 4) is 0 Å². The molecule has 0 aromatic carbocycles. The zero-order valence-electron chi connectivity index (χ0n) is 23.2. The molecule has 0 aromatic heterocycles. The van der Waals surface area contributed by atoms with E-state index >= 15 is 0 Å². The minimum Gasteiger partial charge on any atom is -0.387 e. The molecule has 0 amide bonds. The van der Waals surface area contributed by atoms with E-state index in [9.17, 15) is 23.4 Å². The molecule has 4 heterocycles. The van der Waals surface area contributed by atoms with E-state index in [0.717, 1.165) is 32.1 Å². The van der Waals surface area contributed by atoms with Gasteiger partial charge in [0.1, 0.15) is 24.5 Å². The van der Waals surface area contributed by atoms with Gasteiger partial charge in [0, 0.05) is 37.8 Å². The van der Waals surface area contributed by atoms with Crippen molar-refractivity contribution in [2.75, 3.05) is 26.9 Å². The summed E-state index contributed by atoms with van der Waals surface area (Å²) >= 11 is 0. The number of fused-ring (bicyclic) bond motifs is 2. The van der Waals surface area contributed by atoms with Crippen molar-refractivity contribution in [3.05, 3.63) is 0 Å². The zero-order valence-corrected chi connectivity index (χ0v) is 23.2. The van der Waals surface area contributed by atoms with E-state index < -0.39 is 37.1 Å². The molecule has 2 aliphatic carbocycles. The van der Waals surface area contributed by atoms with Gasteiger partial charge < -0.3 is 25.6 Å². The monoisotopic (exact) mass is 576 g/mol. The Morgan fingerprint density at radius 1 is 0.975 bits per heavy atom. The average Bonchev–Trinajstić information content (AvgIpc) is 3.54. The van der Waals surface area contributed by atoms with E-state index in [0.29, 0.717) is 44.7 Å². The van der Waals surface area contributed by atoms with Crippen molar-refractivity contribution in [2.24, 2.45) is 17.6 Å². The lowest BCUT2D eigenvalue weighted by Crippen LogP contribution is -2.68. The number of hydrogen-bond acceptors (Lipinski definition) is 11. The molecule has 11 nitrogen and oxygen atoms in total. The molecule has 6 fully saturated rings. The number of ether oxygens (including phenoxy) is 1. The number of halogens is 3. The summed E-state index contributed by atoms with van der Waals surface area (Å²) in [6, 6.07) is 0.832. The Balaban J connectivity index is 0.909. The first kappa shape index (κ1) is 29.4. The summed E-state index contributed by atoms with van der Waals surface area (Å²) in [5.74, 6) is 0.353. The Bertz CT molecular complexity index is 870. The van der Waals surface area contributed by atoms with Crippen molar-refractivity contribution in [1.82, 2.24) is 36.4 Å². The van der Waals surface area contributed by atoms with Gasteiger partial charge >= 0.3 is 6.18 Å². The van der Waals surface area contributed by atoms with E-state index in [1.54, 1.807) is 0 Å². The van der Waals surface area contributed by atoms with Gasteiger partial charge in [-0.1, -0.05) is 0 Å². The van der Waals surface area contributed by atoms with Crippen molar-refractivity contribution < 1.29 is 28.1 Å². The molecule has 230 valence electrons. The van der Waals surface area contributed by atoms with Gasteiger partial charge in [-0.25, -0.2) is 4.90 Å². The molecule has 4 saturated heterocycles. The molecule has 0 radical (unpaired) electrons. The lowest BCUT2D eigenvalue weighted by Gasteiger charge is -2.42. The number of alkyl halides is 3. The fourth-order valence-corrected chi connectivity index (χ4v) is 8.02. The average molecular weight is 577 g/mol. The highest BCUT2D eigenvalue weighted by atomic mass is 19.4. The van der Waals surface area contributed by atoms with Crippen molar-refractivity contribution in [1.29, 1.82) is 0 Å². The van der Waals surface area contributed by atoms with Crippen LogP contribution in [0.1, 0.15) is 51.4 Å². The van der Waals surface area contributed by atoms with Gasteiger partial charge in [0.15, 0.2) is 0 Å². The van der Waals surface area contributed by atoms with Crippen molar-refractivity contribution >= 4 is 0 Å². The van der Waals surface area contributed by atoms with Gasteiger partial charge in [-0.15, -0.1) is 0 Å². The van der Waals surface area contributed by atoms with Gasteiger partial charge in [0.05, 0.1) is 31.2 Å². The molecule has 6 rings (SSSR count). The Labute approximate surface area is 234 Å². The fraction of sp³-hybridized carbons (Fsp3) is 1.00. The molecule has 0 aromatic rings. The third-order valence-corrected chi connectivity index (χ3v) is 10.4. The number of nitrogens with two attached hydrogens (primary N) is 1. The van der Waals surface area contributed by atoms with Crippen LogP contribution >= 0.6 is 0 Å². The molecule has 0 spiro atoms. The van der Waals surface area contributed by atoms with Crippen LogP contribution in [0, 0.1) is 11.8 Å². The second kappa shape index (κ2) is 11.8. The first-order valence-electron chi connectivity index (χ1n) is 15.1. The van der Waals surface area contributed by atoms with Crippen molar-refractivity contribution in [2.45, 2.75) is 125 Å². The lowest BCUT2D eigenvalue weighted by atomic mass is 9.76. The number of likely N-dealkylation sites (N-methyl/N-ethyl adjacent to an activating group) is 1. The molecular weight excluding hydrogens is 529 g/mol. The summed E-state index contributed by atoms with van der Waals surface area (Å²) < 4.78 is 44.7. The Morgan fingerprint density at radius 2 is 1.75 bits per heavy atom. The molecule has 6 aliphatic rings. The van der Waals surface area contributed by atoms with Gasteiger partial charge in [-0.3, -0.25) is 26.6 Å². The Kier molecular flexibility index (Phi) is 8.68. The minimum atomic E-state index is -4.08. The predicted molar refractivity (Wildman–Crippen MR) is 141 cm³/mol. The number of nitrogens with zero attached hydrogens (tertiary/aromatic N) is 2. The number of rotatable bonds is 8. The first-order chi connectivity index (χ1) is 19.1. The molecule has 14 heteroatoms. The summed E-state index contributed by atoms with van der Waals surface area (Å²) in [5.41, 5.74) is 6.17. The largest absolute Gasteiger partial charge is 0.389 e. The van der Waals surface area contributed by atoms with Gasteiger partial charge in [-0.2, -0.15) is 13.2 Å². The highest BCUT2D eigenvalue weighted by Crippen LogP contribution is 2.38. The molecule has 2 saturated carbocycles. The van der Waals surface area contributed by atoms with Gasteiger partial charge in [0.2, 0.25) is 0 Å². The summed E-state index contributed by atoms with van der Waals surface area (Å²) in [6.45, 7) is 1.63. The predicted octanol–water partition coefficient (Wildman–Crippen LogP) is -1.08. The standard InChI is InChI=1S/C26H47F3N8O3/c1-36(10-18-21(38)22(39)25(40-18)37-12-33-20-23(30)31-11-32-24(20)37)15-6-13(7-15)3-5-19-34-16-4-2-14(8-17(16)35-19)9-26(27,28)29/h13-25,31-35,38-39H,2-12,30H2,1H3/t13?,14?,15?,16?,17?,18-,19?,20?,21-,22-,23?,24?,25-/m1/s1. The van der Waals surface area contributed by atoms with Crippen LogP contribution in [0.5, 0.6) is 0 Å². The topological polar surface area (TPSA) is 142 Å². The van der Waals surface area contributed by atoms with E-state index in [2.05, 4.69) is 38.5 Å². The van der Waals surface area contributed by atoms with Gasteiger partial charge in [-0.05, 0) is 63.8 Å². The maximum atomic E-state index is 12.8. The highest BCUT2D eigenvalue weighted by molar-refractivity contribution is 5.03. The normalized spacial score (nSPS) is 47.9. The third kappa shape index (κ3) is 6.18. The number of aliphatic hydroxyl groups is 2. The molecular formula is C26H47F3N8O3. The molecule has 0 bridgehead atoms. The van der Waals surface area contributed by atoms with E-state index in [4.69, 9.17) is 10.5 Å². The van der Waals surface area contributed by atoms with Crippen LogP contribution in [0.2, 0.25) is 0 Å². The van der Waals surface area contributed by atoms with Crippen LogP contribution in [0.25, 0.3) is 0 Å². The summed E-state index contributed by atoms with van der Waals surface area (Å²) in [5, 5.41) is 38.7. The van der Waals surface area contributed by atoms with Crippen LogP contribution in [-0.4, -0.2) is 120 Å². The molecule has 9 N–H and O–H groups in total. The van der Waals surface area contributed by atoms with E-state index in [-0.39, 0.29) is 42.5 Å². The minimum absolute atomic E-state index is 0.0136. The second-order valence-corrected chi connectivity index (χ2v) is 13.1. The summed E-state index contributed by atoms with van der Waals surface area (Å²) in [6.07, 6.45) is -1.61. The molecule has 40 heavy (non-hydrogen) atoms. The SMILES string of the molecule is CN(C[C@H]1O[C@@H](N2CNC3C(N)NCNC32)[C@H](O)[C@@H]1O)C1CC(CCC2NC3CCC(CC(F)(F)F)CC3N2)C1. The van der Waals surface area contributed by atoms with E-state index in [1.165, 1.54) is 0 Å². The quantitative estimate of drug-likeness (QED) is 0.179. The maximum Gasteiger partial charge on any atom is 0.389 e. The summed E-state index contributed by atoms with van der Waals surface area (Å²) in [7, 11) is 2.06. The number of hydrogen-bond donors (Lipinski definition) is 8.